The molecule has 80 valence electrons. The Labute approximate surface area is 86.8 Å². The molecule has 0 spiro atoms. The molecule has 0 unspecified atom stereocenters. The van der Waals surface area contributed by atoms with Gasteiger partial charge in [0.1, 0.15) is 5.75 Å². The molecule has 0 N–H and O–H groups in total. The van der Waals surface area contributed by atoms with Gasteiger partial charge in [-0.3, -0.25) is 10.1 Å². The summed E-state index contributed by atoms with van der Waals surface area (Å²) in [4.78, 5) is 10.0. The zero-order valence-electron chi connectivity index (χ0n) is 8.26. The Balaban J connectivity index is 0.000000921. The Morgan fingerprint density at radius 1 is 1.33 bits per heavy atom. The third-order valence-electron chi connectivity index (χ3n) is 1.58. The number of nitro groups is 1. The van der Waals surface area contributed by atoms with Crippen molar-refractivity contribution in [2.24, 2.45) is 0 Å². The van der Waals surface area contributed by atoms with Crippen molar-refractivity contribution in [3.63, 3.8) is 0 Å². The molecule has 0 aliphatic carbocycles. The summed E-state index contributed by atoms with van der Waals surface area (Å²) >= 11 is 0. The fraction of sp³-hybridized carbons (Fsp3) is 0.222. The fourth-order valence-corrected chi connectivity index (χ4v) is 0.939. The molecule has 0 aromatic heterocycles. The van der Waals surface area contributed by atoms with Crippen LogP contribution in [0.1, 0.15) is 0 Å². The minimum absolute atomic E-state index is 0.0955. The lowest BCUT2D eigenvalue weighted by molar-refractivity contribution is -0.385. The highest BCUT2D eigenvalue weighted by atomic mass is 16.6. The highest BCUT2D eigenvalue weighted by Gasteiger charge is 2.14. The van der Waals surface area contributed by atoms with Crippen LogP contribution in [0.5, 0.6) is 11.5 Å². The van der Waals surface area contributed by atoms with Crippen LogP contribution in [-0.2, 0) is 0 Å². The van der Waals surface area contributed by atoms with Crippen molar-refractivity contribution in [1.29, 1.82) is 5.26 Å². The molecular formula is C9H9N2O4-. The second-order valence-corrected chi connectivity index (χ2v) is 2.29. The maximum absolute atomic E-state index is 10.5. The second kappa shape index (κ2) is 6.21. The third kappa shape index (κ3) is 3.15. The third-order valence-corrected chi connectivity index (χ3v) is 1.58. The minimum Gasteiger partial charge on any atom is -0.512 e. The quantitative estimate of drug-likeness (QED) is 0.429. The molecule has 0 radical (unpaired) electrons. The van der Waals surface area contributed by atoms with Gasteiger partial charge in [0.05, 0.1) is 25.2 Å². The highest BCUT2D eigenvalue weighted by Crippen LogP contribution is 2.30. The standard InChI is InChI=1S/C8H9NO4.CN/c1-12-6-3-4-8(13-2)7(5-6)9(10)11;1-2/h3-5H,1-2H3;/q;-1. The van der Waals surface area contributed by atoms with Gasteiger partial charge in [0.2, 0.25) is 0 Å². The number of ether oxygens (including phenoxy) is 2. The highest BCUT2D eigenvalue weighted by molar-refractivity contribution is 5.50. The average molecular weight is 209 g/mol. The molecule has 1 aromatic carbocycles. The predicted molar refractivity (Wildman–Crippen MR) is 51.2 cm³/mol. The molecule has 0 amide bonds. The van der Waals surface area contributed by atoms with E-state index < -0.39 is 4.92 Å². The number of nitro benzene ring substituents is 1. The molecule has 0 atom stereocenters. The molecule has 0 saturated carbocycles. The van der Waals surface area contributed by atoms with Crippen LogP contribution in [0.4, 0.5) is 5.69 Å². The summed E-state index contributed by atoms with van der Waals surface area (Å²) in [6.45, 7) is 4.75. The van der Waals surface area contributed by atoms with E-state index in [1.165, 1.54) is 26.4 Å². The van der Waals surface area contributed by atoms with Crippen LogP contribution >= 0.6 is 0 Å². The Hall–Kier alpha value is -2.29. The van der Waals surface area contributed by atoms with Crippen LogP contribution in [0, 0.1) is 21.9 Å². The molecule has 1 rings (SSSR count). The smallest absolute Gasteiger partial charge is 0.314 e. The topological polar surface area (TPSA) is 85.4 Å². The van der Waals surface area contributed by atoms with E-state index in [0.29, 0.717) is 5.75 Å². The minimum atomic E-state index is -0.513. The summed E-state index contributed by atoms with van der Waals surface area (Å²) in [5.41, 5.74) is -0.0955. The second-order valence-electron chi connectivity index (χ2n) is 2.29. The summed E-state index contributed by atoms with van der Waals surface area (Å²) < 4.78 is 9.65. The Kier molecular flexibility index (Phi) is 5.26. The van der Waals surface area contributed by atoms with Crippen LogP contribution in [0.25, 0.3) is 0 Å². The van der Waals surface area contributed by atoms with Crippen LogP contribution in [0.15, 0.2) is 18.2 Å². The van der Waals surface area contributed by atoms with Gasteiger partial charge in [-0.05, 0) is 12.1 Å². The number of hydrogen-bond donors (Lipinski definition) is 0. The summed E-state index contributed by atoms with van der Waals surface area (Å²) in [6, 6.07) is 4.42. The lowest BCUT2D eigenvalue weighted by atomic mass is 10.3. The Morgan fingerprint density at radius 3 is 2.33 bits per heavy atom. The van der Waals surface area contributed by atoms with Gasteiger partial charge in [-0.2, -0.15) is 0 Å². The summed E-state index contributed by atoms with van der Waals surface area (Å²) in [5.74, 6) is 0.665. The van der Waals surface area contributed by atoms with Gasteiger partial charge in [-0.25, -0.2) is 0 Å². The molecule has 0 saturated heterocycles. The maximum Gasteiger partial charge on any atom is 0.314 e. The van der Waals surface area contributed by atoms with E-state index in [1.54, 1.807) is 6.07 Å². The van der Waals surface area contributed by atoms with Gasteiger partial charge in [-0.15, -0.1) is 0 Å². The van der Waals surface area contributed by atoms with Crippen LogP contribution in [0.2, 0.25) is 0 Å². The Morgan fingerprint density at radius 2 is 1.93 bits per heavy atom. The predicted octanol–water partition coefficient (Wildman–Crippen LogP) is 1.71. The number of nitrogens with zero attached hydrogens (tertiary/aromatic N) is 2. The molecule has 0 bridgehead atoms. The number of benzene rings is 1. The van der Waals surface area contributed by atoms with Crippen molar-refractivity contribution >= 4 is 5.69 Å². The SMILES string of the molecule is COc1ccc(OC)c([N+](=O)[O-])c1.[C-]#N. The molecule has 15 heavy (non-hydrogen) atoms. The van der Waals surface area contributed by atoms with E-state index in [9.17, 15) is 10.1 Å². The van der Waals surface area contributed by atoms with Gasteiger partial charge >= 0.3 is 5.69 Å². The van der Waals surface area contributed by atoms with Crippen LogP contribution in [-0.4, -0.2) is 19.1 Å². The van der Waals surface area contributed by atoms with Gasteiger partial charge in [0.25, 0.3) is 0 Å². The normalized spacial score (nSPS) is 8.27. The number of methoxy groups -OCH3 is 2. The van der Waals surface area contributed by atoms with E-state index in [2.05, 4.69) is 0 Å². The zero-order valence-corrected chi connectivity index (χ0v) is 8.26. The average Bonchev–Trinajstić information content (AvgIpc) is 2.30. The van der Waals surface area contributed by atoms with E-state index in [1.807, 2.05) is 0 Å². The molecule has 0 heterocycles. The summed E-state index contributed by atoms with van der Waals surface area (Å²) in [5, 5.41) is 16.8. The van der Waals surface area contributed by atoms with Gasteiger partial charge < -0.3 is 21.3 Å². The molecule has 0 fully saturated rings. The first-order chi connectivity index (χ1) is 7.19. The van der Waals surface area contributed by atoms with Gasteiger partial charge in [0.15, 0.2) is 5.75 Å². The van der Waals surface area contributed by atoms with Crippen molar-refractivity contribution in [1.82, 2.24) is 0 Å². The molecule has 1 aromatic rings. The van der Waals surface area contributed by atoms with Crippen molar-refractivity contribution in [2.75, 3.05) is 14.2 Å². The van der Waals surface area contributed by atoms with Crippen molar-refractivity contribution in [3.05, 3.63) is 34.9 Å². The van der Waals surface area contributed by atoms with Gasteiger partial charge in [0, 0.05) is 0 Å². The van der Waals surface area contributed by atoms with Crippen LogP contribution < -0.4 is 9.47 Å². The largest absolute Gasteiger partial charge is 0.512 e. The van der Waals surface area contributed by atoms with E-state index in [4.69, 9.17) is 21.3 Å². The first-order valence-electron chi connectivity index (χ1n) is 3.78. The molecule has 0 aliphatic rings. The van der Waals surface area contributed by atoms with Crippen LogP contribution in [0.3, 0.4) is 0 Å². The summed E-state index contributed by atoms with van der Waals surface area (Å²) in [7, 11) is 2.83. The van der Waals surface area contributed by atoms with Crippen molar-refractivity contribution in [3.8, 4) is 11.5 Å². The maximum atomic E-state index is 10.5. The monoisotopic (exact) mass is 209 g/mol. The van der Waals surface area contributed by atoms with Crippen molar-refractivity contribution < 1.29 is 14.4 Å². The lowest BCUT2D eigenvalue weighted by Crippen LogP contribution is -1.94. The first kappa shape index (κ1) is 12.7. The van der Waals surface area contributed by atoms with Crippen molar-refractivity contribution in [2.45, 2.75) is 0 Å². The zero-order chi connectivity index (χ0) is 11.8. The van der Waals surface area contributed by atoms with E-state index in [0.717, 1.165) is 0 Å². The number of rotatable bonds is 3. The molecule has 0 aliphatic heterocycles. The lowest BCUT2D eigenvalue weighted by Gasteiger charge is -2.03. The summed E-state index contributed by atoms with van der Waals surface area (Å²) in [6.07, 6.45) is 0. The van der Waals surface area contributed by atoms with Gasteiger partial charge in [-0.1, -0.05) is 0 Å². The molecule has 6 nitrogen and oxygen atoms in total. The molecule has 6 heteroatoms. The Bertz CT molecular complexity index is 362. The number of hydrogen-bond acceptors (Lipinski definition) is 5. The fourth-order valence-electron chi connectivity index (χ4n) is 0.939. The first-order valence-corrected chi connectivity index (χ1v) is 3.78. The van der Waals surface area contributed by atoms with E-state index >= 15 is 0 Å². The van der Waals surface area contributed by atoms with E-state index in [-0.39, 0.29) is 11.4 Å². The molecular weight excluding hydrogens is 200 g/mol.